The highest BCUT2D eigenvalue weighted by atomic mass is 35.5. The minimum absolute atomic E-state index is 0.0162. The number of anilines is 4. The molecule has 0 bridgehead atoms. The lowest BCUT2D eigenvalue weighted by Gasteiger charge is -2.18. The van der Waals surface area contributed by atoms with Crippen molar-refractivity contribution < 1.29 is 169 Å². The SMILES string of the molecule is CNc1nc(N)nc2c1ncn2[C@@H]1O[C@H](COP(=O)(O)O)[C@@H](O)[C@H]1O.CNc1ncnc2c1ncn2[C@@H]1O[C@H](COP(=O)(O)O)[C@@H](O)[C@H]1O.Cn1cnc2c(ncn2[C@@H]2O[C@H](COP(=O)(O)O)[C@@H](O)[C@H]2O)c1=N.O=P(O)(O)OC[C@H]1O[C@@H](n2cnc3c(Cl)ncnc32)[C@H](O)[C@@H]1O.[N-]=[N+]=Nc1nc2c(N)ncnc2n1[C@@H]1O[C@H](COP(=O)(O)O)[C@@H](O)[C@H]1O. The van der Waals surface area contributed by atoms with Crippen molar-refractivity contribution in [3.8, 4) is 0 Å². The number of hydrogen-bond acceptors (Lipinski definition) is 45. The number of ether oxygens (including phenoxy) is 5. The monoisotopic (exact) mass is 1850 g/mol. The fraction of sp³-hybridized carbons (Fsp3) is 0.528. The summed E-state index contributed by atoms with van der Waals surface area (Å²) in [5, 5.41) is 118. The predicted molar refractivity (Wildman–Crippen MR) is 395 cm³/mol. The molecule has 69 heteroatoms. The molecule has 0 radical (unpaired) electrons. The van der Waals surface area contributed by atoms with Gasteiger partial charge in [0, 0.05) is 26.1 Å². The first-order chi connectivity index (χ1) is 57.2. The lowest BCUT2D eigenvalue weighted by Crippen LogP contribution is -2.33. The lowest BCUT2D eigenvalue weighted by molar-refractivity contribution is -0.0504. The van der Waals surface area contributed by atoms with Crippen molar-refractivity contribution in [2.45, 2.75) is 123 Å². The molecule has 0 unspecified atom stereocenters. The Morgan fingerprint density at radius 3 is 1.17 bits per heavy atom. The van der Waals surface area contributed by atoms with Gasteiger partial charge in [0.25, 0.3) is 0 Å². The van der Waals surface area contributed by atoms with Gasteiger partial charge in [-0.15, -0.1) is 0 Å². The summed E-state index contributed by atoms with van der Waals surface area (Å²) in [4.78, 5) is 146. The molecule has 27 N–H and O–H groups in total. The molecule has 15 heterocycles. The van der Waals surface area contributed by atoms with Crippen LogP contribution in [0, 0.1) is 5.41 Å². The van der Waals surface area contributed by atoms with Gasteiger partial charge in [-0.2, -0.15) is 9.97 Å². The molecule has 0 saturated carbocycles. The number of halogens is 1. The first kappa shape index (κ1) is 94.0. The molecule has 20 atom stereocenters. The number of azide groups is 1. The third-order valence-corrected chi connectivity index (χ3v) is 20.7. The number of hydrogen-bond donors (Lipinski definition) is 25. The standard InChI is InChI=1S/C11H17N6O7P.2C11H16N5O7P.C10H12ClN4O7P.C10H13N8O7P/c1-13-8-5-9(16-11(12)15-8)17(3-14-5)10-7(19)6(18)4(24-10)2-23-25(20,21)22;1-15-3-14-10-6(9(15)12)13-4-16(10)11-8(18)7(17)5(23-11)2-22-24(19,20)21;1-12-9-6-10(14-3-13-9)16(4-15-6)11-8(18)7(17)5(23-11)2-22-24(19,20)21;11-8-5-9(13-2-12-8)15(3-14-5)10-7(17)6(16)4(22-10)1-21-23(18,19)20;11-7-4-8(14-2-13-7)18(10(15-4)16-17-12)9-6(20)5(19)3(25-9)1-24-26(21,22)23/h3-4,6-7,10,18-19H,2H2,1H3,(H2,20,21,22)(H3,12,13,15,16);3-5,7-8,11-12,17-18H,2H2,1H3,(H2,19,20,21);3-5,7-8,11,17-18H,2H2,1H3,(H,12,13,14)(H2,19,20,21);2-4,6-7,10,16-17H,1H2,(H2,18,19,20);2-3,5-6,9,19-20H,1H2,(H2,11,13,14)(H2,21,22,23)/t4-,6-,7-,10-;2*5-,7-,8-,11-;4-,6-,7-,10-;3-,5-,6-,9-/m11111/s1. The molecule has 5 aliphatic rings. The predicted octanol–water partition coefficient (Wildman–Crippen LogP) is -6.96. The second-order valence-electron chi connectivity index (χ2n) is 25.9. The fourth-order valence-corrected chi connectivity index (χ4v) is 14.2. The first-order valence-electron chi connectivity index (χ1n) is 34.1. The maximum atomic E-state index is 10.8. The molecule has 0 aromatic carbocycles. The average molecular weight is 1850 g/mol. The number of fused-ring (bicyclic) bond motifs is 5. The van der Waals surface area contributed by atoms with Gasteiger partial charge in [0.2, 0.25) is 11.9 Å². The van der Waals surface area contributed by atoms with E-state index in [0.29, 0.717) is 28.3 Å². The highest BCUT2D eigenvalue weighted by Crippen LogP contribution is 2.45. The topological polar surface area (TPSA) is 941 Å². The van der Waals surface area contributed by atoms with Crippen molar-refractivity contribution in [1.29, 1.82) is 5.41 Å². The Kier molecular flexibility index (Phi) is 29.3. The molecule has 10 aromatic rings. The van der Waals surface area contributed by atoms with Crippen LogP contribution < -0.4 is 27.6 Å². The Labute approximate surface area is 681 Å². The highest BCUT2D eigenvalue weighted by Gasteiger charge is 2.51. The molecule has 0 aliphatic carbocycles. The Morgan fingerprint density at radius 1 is 0.434 bits per heavy atom. The van der Waals surface area contributed by atoms with Gasteiger partial charge in [-0.05, 0) is 10.6 Å². The van der Waals surface area contributed by atoms with Crippen LogP contribution in [0.5, 0.6) is 0 Å². The van der Waals surface area contributed by atoms with Crippen LogP contribution in [0.15, 0.2) is 55.7 Å². The zero-order valence-electron chi connectivity index (χ0n) is 61.8. The number of nitrogens with two attached hydrogens (primary N) is 2. The zero-order chi connectivity index (χ0) is 89.3. The molecule has 0 amide bonds. The van der Waals surface area contributed by atoms with Gasteiger partial charge in [-0.3, -0.25) is 50.9 Å². The van der Waals surface area contributed by atoms with Crippen LogP contribution in [-0.4, -0.2) is 336 Å². The molecule has 0 spiro atoms. The van der Waals surface area contributed by atoms with Crippen molar-refractivity contribution in [3.05, 3.63) is 71.7 Å². The highest BCUT2D eigenvalue weighted by molar-refractivity contribution is 7.47. The number of phosphoric acid groups is 5. The third kappa shape index (κ3) is 21.4. The van der Waals surface area contributed by atoms with E-state index in [1.165, 1.54) is 67.1 Å². The number of rotatable bonds is 23. The second kappa shape index (κ2) is 38.0. The van der Waals surface area contributed by atoms with Crippen molar-refractivity contribution in [1.82, 2.24) is 97.2 Å². The molecule has 122 heavy (non-hydrogen) atoms. The number of nitrogens with zero attached hydrogens (tertiary/aromatic N) is 23. The van der Waals surface area contributed by atoms with Gasteiger partial charge >= 0.3 is 39.1 Å². The number of imidazole rings is 5. The van der Waals surface area contributed by atoms with E-state index in [4.69, 9.17) is 107 Å². The quantitative estimate of drug-likeness (QED) is 0.00930. The van der Waals surface area contributed by atoms with Crippen LogP contribution in [0.3, 0.4) is 0 Å². The lowest BCUT2D eigenvalue weighted by atomic mass is 10.1. The Balaban J connectivity index is 0.000000149. The van der Waals surface area contributed by atoms with E-state index >= 15 is 0 Å². The van der Waals surface area contributed by atoms with Gasteiger partial charge in [0.1, 0.15) is 127 Å². The molecular weight excluding hydrogens is 1780 g/mol. The second-order valence-corrected chi connectivity index (χ2v) is 32.4. The molecule has 15 rings (SSSR count). The summed E-state index contributed by atoms with van der Waals surface area (Å²) < 4.78 is 111. The first-order valence-corrected chi connectivity index (χ1v) is 42.2. The van der Waals surface area contributed by atoms with Gasteiger partial charge < -0.3 is 150 Å². The summed E-state index contributed by atoms with van der Waals surface area (Å²) in [7, 11) is -18.8. The van der Waals surface area contributed by atoms with Crippen LogP contribution in [0.2, 0.25) is 5.15 Å². The van der Waals surface area contributed by atoms with Crippen molar-refractivity contribution in [3.63, 3.8) is 0 Å². The van der Waals surface area contributed by atoms with Crippen molar-refractivity contribution in [2.75, 3.05) is 69.2 Å². The Morgan fingerprint density at radius 2 is 0.770 bits per heavy atom. The van der Waals surface area contributed by atoms with E-state index in [9.17, 15) is 73.9 Å². The summed E-state index contributed by atoms with van der Waals surface area (Å²) in [6, 6.07) is 0. The summed E-state index contributed by atoms with van der Waals surface area (Å²) >= 11 is 5.88. The molecular formula is C53H74ClN28O35P5. The van der Waals surface area contributed by atoms with Crippen molar-refractivity contribution in [2.24, 2.45) is 12.2 Å². The number of nitrogen functional groups attached to an aromatic ring is 2. The van der Waals surface area contributed by atoms with E-state index in [0.717, 1.165) is 10.9 Å². The largest absolute Gasteiger partial charge is 0.469 e. The number of aliphatic hydroxyl groups excluding tert-OH is 10. The van der Waals surface area contributed by atoms with E-state index < -0.39 is 195 Å². The molecule has 5 aliphatic heterocycles. The number of aryl methyl sites for hydroxylation is 1. The zero-order valence-corrected chi connectivity index (χ0v) is 67.1. The summed E-state index contributed by atoms with van der Waals surface area (Å²) in [5.41, 5.74) is 22.8. The molecule has 63 nitrogen and oxygen atoms in total. The van der Waals surface area contributed by atoms with Crippen LogP contribution in [0.4, 0.5) is 29.4 Å². The number of phosphoric ester groups is 5. The number of aliphatic hydroxyl groups is 10. The number of aromatic nitrogens is 20. The van der Waals surface area contributed by atoms with Crippen LogP contribution in [0.25, 0.3) is 66.3 Å². The van der Waals surface area contributed by atoms with Gasteiger partial charge in [-0.1, -0.05) is 11.6 Å². The van der Waals surface area contributed by atoms with Crippen molar-refractivity contribution >= 4 is 136 Å². The molecule has 5 saturated heterocycles. The Bertz CT molecular complexity index is 5750. The van der Waals surface area contributed by atoms with E-state index in [-0.39, 0.29) is 67.5 Å². The Hall–Kier alpha value is -8.70. The van der Waals surface area contributed by atoms with Gasteiger partial charge in [0.15, 0.2) is 98.5 Å². The molecule has 5 fully saturated rings. The minimum atomic E-state index is -4.81. The average Bonchev–Trinajstić information content (AvgIpc) is 1.61. The van der Waals surface area contributed by atoms with Gasteiger partial charge in [0.05, 0.1) is 64.7 Å². The molecule has 668 valence electrons. The van der Waals surface area contributed by atoms with Crippen LogP contribution in [-0.2, 0) is 76.2 Å². The van der Waals surface area contributed by atoms with Gasteiger partial charge in [-0.25, -0.2) is 82.6 Å². The summed E-state index contributed by atoms with van der Waals surface area (Å²) in [5.74, 6) is 0.539. The maximum Gasteiger partial charge on any atom is 0.469 e. The summed E-state index contributed by atoms with van der Waals surface area (Å²) in [6.45, 7) is -3.08. The normalized spacial score (nSPS) is 27.4. The van der Waals surface area contributed by atoms with Crippen LogP contribution >= 0.6 is 50.7 Å². The van der Waals surface area contributed by atoms with E-state index in [2.05, 4.69) is 113 Å². The van der Waals surface area contributed by atoms with E-state index in [1.54, 1.807) is 21.1 Å². The number of nitrogens with one attached hydrogen (secondary N) is 3. The summed E-state index contributed by atoms with van der Waals surface area (Å²) in [6.07, 6.45) is -15.5. The van der Waals surface area contributed by atoms with Crippen LogP contribution in [0.1, 0.15) is 31.1 Å². The minimum Gasteiger partial charge on any atom is -0.387 e. The third-order valence-electron chi connectivity index (χ3n) is 18.0. The smallest absolute Gasteiger partial charge is 0.387 e. The fourth-order valence-electron chi connectivity index (χ4n) is 12.3. The molecule has 10 aromatic heterocycles. The van der Waals surface area contributed by atoms with E-state index in [1.807, 2.05) is 0 Å². The maximum absolute atomic E-state index is 10.8.